The number of hydrogen-bond acceptors (Lipinski definition) is 5. The molecule has 0 unspecified atom stereocenters. The standard InChI is InChI=1S/C16H19N3O3S/c1-10-13(17-14(23-10)12-7-5-9-22-12)16(21)19-8-4-6-11(19)15(20)18(2)3/h5,7,9,11H,4,6,8H2,1-3H3/t11-/m1/s1. The fourth-order valence-corrected chi connectivity index (χ4v) is 3.67. The number of aryl methyl sites for hydroxylation is 1. The molecule has 6 nitrogen and oxygen atoms in total. The van der Waals surface area contributed by atoms with Crippen molar-refractivity contribution in [2.75, 3.05) is 20.6 Å². The zero-order chi connectivity index (χ0) is 16.6. The minimum Gasteiger partial charge on any atom is -0.462 e. The van der Waals surface area contributed by atoms with E-state index in [0.717, 1.165) is 11.3 Å². The van der Waals surface area contributed by atoms with Crippen LogP contribution in [0, 0.1) is 6.92 Å². The molecule has 2 aromatic rings. The van der Waals surface area contributed by atoms with Gasteiger partial charge in [-0.1, -0.05) is 0 Å². The number of amides is 2. The van der Waals surface area contributed by atoms with E-state index in [0.29, 0.717) is 29.4 Å². The summed E-state index contributed by atoms with van der Waals surface area (Å²) in [6.45, 7) is 2.46. The third-order valence-electron chi connectivity index (χ3n) is 3.97. The largest absolute Gasteiger partial charge is 0.462 e. The number of likely N-dealkylation sites (tertiary alicyclic amines) is 1. The first-order valence-electron chi connectivity index (χ1n) is 7.52. The van der Waals surface area contributed by atoms with Gasteiger partial charge in [-0.15, -0.1) is 11.3 Å². The van der Waals surface area contributed by atoms with Gasteiger partial charge in [0.25, 0.3) is 5.91 Å². The molecule has 0 bridgehead atoms. The van der Waals surface area contributed by atoms with Gasteiger partial charge in [-0.2, -0.15) is 0 Å². The van der Waals surface area contributed by atoms with Gasteiger partial charge in [0, 0.05) is 25.5 Å². The van der Waals surface area contributed by atoms with Crippen molar-refractivity contribution in [3.63, 3.8) is 0 Å². The van der Waals surface area contributed by atoms with Crippen molar-refractivity contribution in [3.8, 4) is 10.8 Å². The Balaban J connectivity index is 1.87. The Morgan fingerprint density at radius 2 is 2.22 bits per heavy atom. The summed E-state index contributed by atoms with van der Waals surface area (Å²) in [4.78, 5) is 33.6. The fraction of sp³-hybridized carbons (Fsp3) is 0.438. The quantitative estimate of drug-likeness (QED) is 0.865. The molecule has 3 rings (SSSR count). The van der Waals surface area contributed by atoms with Gasteiger partial charge in [-0.05, 0) is 31.9 Å². The van der Waals surface area contributed by atoms with Gasteiger partial charge in [-0.25, -0.2) is 4.98 Å². The van der Waals surface area contributed by atoms with E-state index in [1.165, 1.54) is 11.3 Å². The van der Waals surface area contributed by atoms with E-state index in [9.17, 15) is 9.59 Å². The molecule has 2 amide bonds. The highest BCUT2D eigenvalue weighted by Gasteiger charge is 2.36. The molecule has 0 N–H and O–H groups in total. The number of carbonyl (C=O) groups excluding carboxylic acids is 2. The predicted molar refractivity (Wildman–Crippen MR) is 87.3 cm³/mol. The highest BCUT2D eigenvalue weighted by atomic mass is 32.1. The van der Waals surface area contributed by atoms with E-state index in [-0.39, 0.29) is 17.9 Å². The number of likely N-dealkylation sites (N-methyl/N-ethyl adjacent to an activating group) is 1. The van der Waals surface area contributed by atoms with Gasteiger partial charge in [0.2, 0.25) is 5.91 Å². The molecule has 0 aliphatic carbocycles. The number of nitrogens with zero attached hydrogens (tertiary/aromatic N) is 3. The SMILES string of the molecule is Cc1sc(-c2ccco2)nc1C(=O)N1CCC[C@@H]1C(=O)N(C)C. The zero-order valence-electron chi connectivity index (χ0n) is 13.4. The van der Waals surface area contributed by atoms with Crippen molar-refractivity contribution >= 4 is 23.2 Å². The van der Waals surface area contributed by atoms with Crippen LogP contribution in [-0.2, 0) is 4.79 Å². The molecule has 7 heteroatoms. The summed E-state index contributed by atoms with van der Waals surface area (Å²) >= 11 is 1.43. The molecule has 3 heterocycles. The number of furan rings is 1. The Labute approximate surface area is 138 Å². The van der Waals surface area contributed by atoms with Crippen LogP contribution in [0.15, 0.2) is 22.8 Å². The summed E-state index contributed by atoms with van der Waals surface area (Å²) in [6, 6.07) is 3.23. The number of aromatic nitrogens is 1. The van der Waals surface area contributed by atoms with E-state index in [4.69, 9.17) is 4.42 Å². The van der Waals surface area contributed by atoms with Gasteiger partial charge in [0.05, 0.1) is 6.26 Å². The lowest BCUT2D eigenvalue weighted by Crippen LogP contribution is -2.45. The summed E-state index contributed by atoms with van der Waals surface area (Å²) < 4.78 is 5.35. The summed E-state index contributed by atoms with van der Waals surface area (Å²) in [7, 11) is 3.43. The molecule has 0 saturated carbocycles. The Bertz CT molecular complexity index is 721. The molecule has 1 atom stereocenters. The Morgan fingerprint density at radius 1 is 1.43 bits per heavy atom. The number of carbonyl (C=O) groups is 2. The maximum atomic E-state index is 12.9. The molecular weight excluding hydrogens is 314 g/mol. The number of hydrogen-bond donors (Lipinski definition) is 0. The van der Waals surface area contributed by atoms with Crippen LogP contribution in [0.3, 0.4) is 0 Å². The molecule has 0 radical (unpaired) electrons. The molecule has 1 aliphatic rings. The van der Waals surface area contributed by atoms with E-state index in [2.05, 4.69) is 4.98 Å². The second kappa shape index (κ2) is 6.16. The third-order valence-corrected chi connectivity index (χ3v) is 4.96. The summed E-state index contributed by atoms with van der Waals surface area (Å²) in [6.07, 6.45) is 3.13. The minimum absolute atomic E-state index is 0.0324. The molecule has 122 valence electrons. The van der Waals surface area contributed by atoms with Crippen molar-refractivity contribution in [1.29, 1.82) is 0 Å². The van der Waals surface area contributed by atoms with Crippen LogP contribution in [0.1, 0.15) is 28.2 Å². The van der Waals surface area contributed by atoms with E-state index in [1.807, 2.05) is 13.0 Å². The van der Waals surface area contributed by atoms with Gasteiger partial charge in [-0.3, -0.25) is 9.59 Å². The van der Waals surface area contributed by atoms with E-state index in [1.54, 1.807) is 36.2 Å². The average Bonchev–Trinajstić information content (AvgIpc) is 3.25. The van der Waals surface area contributed by atoms with Crippen LogP contribution >= 0.6 is 11.3 Å². The predicted octanol–water partition coefficient (Wildman–Crippen LogP) is 2.40. The molecule has 1 fully saturated rings. The van der Waals surface area contributed by atoms with Gasteiger partial charge < -0.3 is 14.2 Å². The minimum atomic E-state index is -0.384. The first kappa shape index (κ1) is 15.7. The third kappa shape index (κ3) is 2.88. The highest BCUT2D eigenvalue weighted by molar-refractivity contribution is 7.15. The van der Waals surface area contributed by atoms with Crippen LogP contribution in [0.25, 0.3) is 10.8 Å². The first-order valence-corrected chi connectivity index (χ1v) is 8.34. The van der Waals surface area contributed by atoms with Crippen LogP contribution in [0.5, 0.6) is 0 Å². The molecule has 23 heavy (non-hydrogen) atoms. The van der Waals surface area contributed by atoms with Gasteiger partial charge in [0.1, 0.15) is 11.7 Å². The second-order valence-corrected chi connectivity index (χ2v) is 6.99. The topological polar surface area (TPSA) is 66.7 Å². The summed E-state index contributed by atoms with van der Waals surface area (Å²) in [5, 5.41) is 0.686. The molecule has 0 spiro atoms. The Kier molecular flexibility index (Phi) is 4.21. The van der Waals surface area contributed by atoms with Crippen molar-refractivity contribution < 1.29 is 14.0 Å². The van der Waals surface area contributed by atoms with E-state index >= 15 is 0 Å². The highest BCUT2D eigenvalue weighted by Crippen LogP contribution is 2.30. The normalized spacial score (nSPS) is 17.5. The van der Waals surface area contributed by atoms with Crippen molar-refractivity contribution in [3.05, 3.63) is 29.0 Å². The van der Waals surface area contributed by atoms with Crippen molar-refractivity contribution in [2.24, 2.45) is 0 Å². The Hall–Kier alpha value is -2.15. The van der Waals surface area contributed by atoms with Crippen LogP contribution < -0.4 is 0 Å². The first-order chi connectivity index (χ1) is 11.0. The van der Waals surface area contributed by atoms with E-state index < -0.39 is 0 Å². The number of rotatable bonds is 3. The number of thiazole rings is 1. The maximum absolute atomic E-state index is 12.9. The molecule has 1 saturated heterocycles. The molecule has 1 aliphatic heterocycles. The lowest BCUT2D eigenvalue weighted by Gasteiger charge is -2.25. The fourth-order valence-electron chi connectivity index (χ4n) is 2.80. The lowest BCUT2D eigenvalue weighted by molar-refractivity contribution is -0.132. The smallest absolute Gasteiger partial charge is 0.274 e. The average molecular weight is 333 g/mol. The second-order valence-electron chi connectivity index (χ2n) is 5.79. The molecule has 0 aromatic carbocycles. The van der Waals surface area contributed by atoms with Gasteiger partial charge in [0.15, 0.2) is 10.8 Å². The van der Waals surface area contributed by atoms with Crippen molar-refractivity contribution in [2.45, 2.75) is 25.8 Å². The van der Waals surface area contributed by atoms with Crippen LogP contribution in [0.2, 0.25) is 0 Å². The summed E-state index contributed by atoms with van der Waals surface area (Å²) in [5.74, 6) is 0.448. The van der Waals surface area contributed by atoms with Crippen LogP contribution in [-0.4, -0.2) is 53.3 Å². The molecule has 2 aromatic heterocycles. The Morgan fingerprint density at radius 3 is 2.87 bits per heavy atom. The van der Waals surface area contributed by atoms with Crippen LogP contribution in [0.4, 0.5) is 0 Å². The monoisotopic (exact) mass is 333 g/mol. The molecular formula is C16H19N3O3S. The lowest BCUT2D eigenvalue weighted by atomic mass is 10.2. The van der Waals surface area contributed by atoms with Crippen molar-refractivity contribution in [1.82, 2.24) is 14.8 Å². The van der Waals surface area contributed by atoms with Gasteiger partial charge >= 0.3 is 0 Å². The summed E-state index contributed by atoms with van der Waals surface area (Å²) in [5.41, 5.74) is 0.417. The maximum Gasteiger partial charge on any atom is 0.274 e. The zero-order valence-corrected chi connectivity index (χ0v) is 14.2.